The number of furan rings is 2. The minimum absolute atomic E-state index is 0.121. The van der Waals surface area contributed by atoms with Crippen LogP contribution < -0.4 is 4.90 Å². The Balaban J connectivity index is 1.36. The normalized spacial score (nSPS) is 13.7. The number of para-hydroxylation sites is 4. The molecule has 0 unspecified atom stereocenters. The molecule has 0 aliphatic heterocycles. The fourth-order valence-corrected chi connectivity index (χ4v) is 7.06. The number of nitrogens with zero attached hydrogens (tertiary/aromatic N) is 1. The zero-order valence-electron chi connectivity index (χ0n) is 23.4. The monoisotopic (exact) mass is 541 g/mol. The van der Waals surface area contributed by atoms with Crippen LogP contribution in [-0.2, 0) is 5.41 Å². The highest BCUT2D eigenvalue weighted by Crippen LogP contribution is 2.52. The zero-order valence-corrected chi connectivity index (χ0v) is 23.4. The Morgan fingerprint density at radius 3 is 1.64 bits per heavy atom. The predicted octanol–water partition coefficient (Wildman–Crippen LogP) is 11.3. The summed E-state index contributed by atoms with van der Waals surface area (Å²) in [5, 5.41) is 4.42. The van der Waals surface area contributed by atoms with E-state index in [-0.39, 0.29) is 5.41 Å². The van der Waals surface area contributed by atoms with E-state index in [1.165, 1.54) is 22.3 Å². The second-order valence-electron chi connectivity index (χ2n) is 11.7. The zero-order chi connectivity index (χ0) is 28.0. The minimum atomic E-state index is -0.121. The number of hydrogen-bond donors (Lipinski definition) is 0. The van der Waals surface area contributed by atoms with Gasteiger partial charge in [-0.2, -0.15) is 0 Å². The van der Waals surface area contributed by atoms with Crippen molar-refractivity contribution in [3.63, 3.8) is 0 Å². The number of fused-ring (bicyclic) bond motifs is 9. The van der Waals surface area contributed by atoms with Crippen LogP contribution in [0.1, 0.15) is 25.0 Å². The van der Waals surface area contributed by atoms with Crippen LogP contribution in [0.25, 0.3) is 55.0 Å². The first-order valence-corrected chi connectivity index (χ1v) is 14.4. The molecule has 0 amide bonds. The van der Waals surface area contributed by atoms with Crippen LogP contribution in [0.3, 0.4) is 0 Å². The number of rotatable bonds is 3. The van der Waals surface area contributed by atoms with Gasteiger partial charge in [0.05, 0.1) is 11.4 Å². The SMILES string of the molecule is CC1(C)c2ccccc2-c2ccc(N(c3cccc4c3oc3ccccc34)c3cccc4c3oc3ccccc34)cc21. The van der Waals surface area contributed by atoms with E-state index >= 15 is 0 Å². The molecule has 6 aromatic carbocycles. The van der Waals surface area contributed by atoms with E-state index in [0.29, 0.717) is 0 Å². The number of hydrogen-bond acceptors (Lipinski definition) is 3. The summed E-state index contributed by atoms with van der Waals surface area (Å²) < 4.78 is 13.2. The average molecular weight is 542 g/mol. The van der Waals surface area contributed by atoms with Gasteiger partial charge in [-0.15, -0.1) is 0 Å². The van der Waals surface area contributed by atoms with Crippen molar-refractivity contribution in [3.8, 4) is 11.1 Å². The van der Waals surface area contributed by atoms with Crippen LogP contribution >= 0.6 is 0 Å². The summed E-state index contributed by atoms with van der Waals surface area (Å²) in [5.74, 6) is 0. The lowest BCUT2D eigenvalue weighted by Crippen LogP contribution is -2.16. The fourth-order valence-electron chi connectivity index (χ4n) is 7.06. The molecule has 0 spiro atoms. The third kappa shape index (κ3) is 3.11. The molecule has 200 valence electrons. The molecule has 1 aliphatic rings. The van der Waals surface area contributed by atoms with Gasteiger partial charge in [0.15, 0.2) is 11.2 Å². The molecule has 42 heavy (non-hydrogen) atoms. The second kappa shape index (κ2) is 8.37. The predicted molar refractivity (Wildman–Crippen MR) is 173 cm³/mol. The summed E-state index contributed by atoms with van der Waals surface area (Å²) in [6.45, 7) is 4.65. The molecule has 0 saturated carbocycles. The Hall–Kier alpha value is -5.28. The van der Waals surface area contributed by atoms with E-state index in [4.69, 9.17) is 8.83 Å². The highest BCUT2D eigenvalue weighted by atomic mass is 16.3. The molecule has 3 nitrogen and oxygen atoms in total. The molecule has 0 bridgehead atoms. The van der Waals surface area contributed by atoms with E-state index in [2.05, 4.69) is 122 Å². The van der Waals surface area contributed by atoms with E-state index in [0.717, 1.165) is 60.9 Å². The number of anilines is 3. The molecular formula is C39H27NO2. The first kappa shape index (κ1) is 23.4. The average Bonchev–Trinajstić information content (AvgIpc) is 3.67. The molecule has 0 fully saturated rings. The van der Waals surface area contributed by atoms with Crippen molar-refractivity contribution in [3.05, 3.63) is 139 Å². The third-order valence-corrected chi connectivity index (χ3v) is 9.07. The van der Waals surface area contributed by atoms with Crippen molar-refractivity contribution in [2.45, 2.75) is 19.3 Å². The largest absolute Gasteiger partial charge is 0.454 e. The maximum atomic E-state index is 6.59. The summed E-state index contributed by atoms with van der Waals surface area (Å²) in [7, 11) is 0. The van der Waals surface area contributed by atoms with E-state index in [1.807, 2.05) is 24.3 Å². The molecular weight excluding hydrogens is 514 g/mol. The highest BCUT2D eigenvalue weighted by molar-refractivity contribution is 6.14. The van der Waals surface area contributed by atoms with Crippen molar-refractivity contribution in [2.24, 2.45) is 0 Å². The Morgan fingerprint density at radius 1 is 0.476 bits per heavy atom. The van der Waals surface area contributed by atoms with E-state index in [9.17, 15) is 0 Å². The first-order chi connectivity index (χ1) is 20.6. The fraction of sp³-hybridized carbons (Fsp3) is 0.0769. The molecule has 2 aromatic heterocycles. The van der Waals surface area contributed by atoms with Gasteiger partial charge in [0.2, 0.25) is 0 Å². The summed E-state index contributed by atoms with van der Waals surface area (Å²) >= 11 is 0. The van der Waals surface area contributed by atoms with Crippen molar-refractivity contribution in [1.29, 1.82) is 0 Å². The smallest absolute Gasteiger partial charge is 0.159 e. The van der Waals surface area contributed by atoms with Gasteiger partial charge in [-0.25, -0.2) is 0 Å². The Morgan fingerprint density at radius 2 is 1.00 bits per heavy atom. The van der Waals surface area contributed by atoms with Crippen LogP contribution in [-0.4, -0.2) is 0 Å². The lowest BCUT2D eigenvalue weighted by Gasteiger charge is -2.28. The van der Waals surface area contributed by atoms with Crippen LogP contribution in [0.4, 0.5) is 17.1 Å². The summed E-state index contributed by atoms with van der Waals surface area (Å²) in [6.07, 6.45) is 0. The third-order valence-electron chi connectivity index (χ3n) is 9.07. The maximum Gasteiger partial charge on any atom is 0.159 e. The van der Waals surface area contributed by atoms with Crippen molar-refractivity contribution in [1.82, 2.24) is 0 Å². The van der Waals surface area contributed by atoms with Gasteiger partial charge in [-0.05, 0) is 58.7 Å². The van der Waals surface area contributed by atoms with Crippen LogP contribution in [0, 0.1) is 0 Å². The van der Waals surface area contributed by atoms with Gasteiger partial charge in [0.25, 0.3) is 0 Å². The first-order valence-electron chi connectivity index (χ1n) is 14.4. The topological polar surface area (TPSA) is 29.5 Å². The van der Waals surface area contributed by atoms with E-state index in [1.54, 1.807) is 0 Å². The highest BCUT2D eigenvalue weighted by Gasteiger charge is 2.36. The lowest BCUT2D eigenvalue weighted by atomic mass is 9.82. The standard InChI is InChI=1S/C39H27NO2/c1-39(2)31-16-6-3-11-25(31)26-22-21-24(23-32(26)39)40(33-17-9-14-29-27-12-4-7-19-35(27)41-37(29)33)34-18-10-15-30-28-13-5-8-20-36(28)42-38(30)34/h3-23H,1-2H3. The minimum Gasteiger partial charge on any atom is -0.454 e. The second-order valence-corrected chi connectivity index (χ2v) is 11.7. The maximum absolute atomic E-state index is 6.59. The van der Waals surface area contributed by atoms with Crippen molar-refractivity contribution >= 4 is 60.9 Å². The van der Waals surface area contributed by atoms with Crippen LogP contribution in [0.15, 0.2) is 136 Å². The summed E-state index contributed by atoms with van der Waals surface area (Å²) in [5.41, 5.74) is 11.7. The molecule has 2 heterocycles. The molecule has 0 radical (unpaired) electrons. The van der Waals surface area contributed by atoms with Gasteiger partial charge in [0, 0.05) is 32.6 Å². The summed E-state index contributed by atoms with van der Waals surface area (Å²) in [6, 6.07) is 45.0. The quantitative estimate of drug-likeness (QED) is 0.223. The van der Waals surface area contributed by atoms with Gasteiger partial charge in [0.1, 0.15) is 11.2 Å². The molecule has 0 saturated heterocycles. The van der Waals surface area contributed by atoms with Crippen molar-refractivity contribution < 1.29 is 8.83 Å². The van der Waals surface area contributed by atoms with E-state index < -0.39 is 0 Å². The summed E-state index contributed by atoms with van der Waals surface area (Å²) in [4.78, 5) is 2.31. The van der Waals surface area contributed by atoms with Crippen LogP contribution in [0.5, 0.6) is 0 Å². The van der Waals surface area contributed by atoms with Gasteiger partial charge in [-0.3, -0.25) is 0 Å². The Bertz CT molecular complexity index is 2240. The molecule has 9 rings (SSSR count). The molecule has 1 aliphatic carbocycles. The molecule has 8 aromatic rings. The Labute approximate surface area is 243 Å². The molecule has 0 atom stereocenters. The van der Waals surface area contributed by atoms with Crippen molar-refractivity contribution in [2.75, 3.05) is 4.90 Å². The van der Waals surface area contributed by atoms with Gasteiger partial charge < -0.3 is 13.7 Å². The molecule has 3 heteroatoms. The van der Waals surface area contributed by atoms with Gasteiger partial charge >= 0.3 is 0 Å². The Kier molecular flexibility index (Phi) is 4.67. The number of benzene rings is 6. The van der Waals surface area contributed by atoms with Crippen LogP contribution in [0.2, 0.25) is 0 Å². The molecule has 0 N–H and O–H groups in total. The lowest BCUT2D eigenvalue weighted by molar-refractivity contribution is 0.660. The van der Waals surface area contributed by atoms with Gasteiger partial charge in [-0.1, -0.05) is 105 Å².